The van der Waals surface area contributed by atoms with Gasteiger partial charge in [-0.05, 0) is 94.2 Å². The van der Waals surface area contributed by atoms with Gasteiger partial charge in [-0.1, -0.05) is 23.8 Å². The van der Waals surface area contributed by atoms with E-state index >= 15 is 0 Å². The number of methoxy groups -OCH3 is 1. The molecule has 10 nitrogen and oxygen atoms in total. The van der Waals surface area contributed by atoms with E-state index in [1.54, 1.807) is 6.08 Å². The van der Waals surface area contributed by atoms with Crippen LogP contribution < -0.4 is 20.0 Å². The number of halogens is 4. The summed E-state index contributed by atoms with van der Waals surface area (Å²) in [6.07, 6.45) is 1.56. The normalized spacial score (nSPS) is 29.4. The van der Waals surface area contributed by atoms with Crippen LogP contribution >= 0.6 is 39.1 Å². The number of amides is 4. The first-order valence-corrected chi connectivity index (χ1v) is 16.4. The van der Waals surface area contributed by atoms with Gasteiger partial charge in [0.15, 0.2) is 21.2 Å². The summed E-state index contributed by atoms with van der Waals surface area (Å²) >= 11 is 18.1. The summed E-state index contributed by atoms with van der Waals surface area (Å²) in [5, 5.41) is 30.1. The number of alkyl halides is 2. The van der Waals surface area contributed by atoms with Gasteiger partial charge in [0.2, 0.25) is 11.8 Å². The van der Waals surface area contributed by atoms with Gasteiger partial charge < -0.3 is 19.9 Å². The maximum absolute atomic E-state index is 14.5. The number of imide groups is 2. The smallest absolute Gasteiger partial charge is 0.488 e. The minimum Gasteiger partial charge on any atom is -0.503 e. The van der Waals surface area contributed by atoms with Gasteiger partial charge in [0.1, 0.15) is 5.82 Å². The number of benzene rings is 3. The van der Waals surface area contributed by atoms with Crippen LogP contribution in [0.25, 0.3) is 0 Å². The van der Waals surface area contributed by atoms with Crippen molar-refractivity contribution in [1.29, 1.82) is 0 Å². The number of aromatic hydroxyl groups is 1. The largest absolute Gasteiger partial charge is 0.503 e. The number of ether oxygens (including phenoxy) is 1. The molecule has 0 spiro atoms. The molecular weight excluding hydrogens is 733 g/mol. The lowest BCUT2D eigenvalue weighted by molar-refractivity contribution is -0.125. The summed E-state index contributed by atoms with van der Waals surface area (Å²) < 4.78 is 19.5. The van der Waals surface area contributed by atoms with Crippen LogP contribution in [0.4, 0.5) is 15.8 Å². The molecular formula is C33H25BBrCl2FN2O8. The summed E-state index contributed by atoms with van der Waals surface area (Å²) in [5.74, 6) is -7.47. The molecule has 2 aliphatic heterocycles. The van der Waals surface area contributed by atoms with E-state index in [-0.39, 0.29) is 45.7 Å². The monoisotopic (exact) mass is 756 g/mol. The molecule has 3 N–H and O–H groups in total. The zero-order valence-corrected chi connectivity index (χ0v) is 28.0. The number of rotatable bonds is 5. The molecule has 1 saturated carbocycles. The van der Waals surface area contributed by atoms with Gasteiger partial charge in [0.05, 0.1) is 34.8 Å². The molecule has 2 aliphatic carbocycles. The lowest BCUT2D eigenvalue weighted by Gasteiger charge is -2.50. The van der Waals surface area contributed by atoms with Crippen LogP contribution in [0.3, 0.4) is 0 Å². The van der Waals surface area contributed by atoms with Crippen LogP contribution in [-0.2, 0) is 19.2 Å². The van der Waals surface area contributed by atoms with Crippen molar-refractivity contribution in [3.8, 4) is 11.5 Å². The number of phenolic OH excluding ortho intramolecular Hbond substituents is 1. The number of allylic oxidation sites excluding steroid dienone is 2. The highest BCUT2D eigenvalue weighted by molar-refractivity contribution is 9.10. The van der Waals surface area contributed by atoms with Crippen LogP contribution in [0.5, 0.6) is 11.5 Å². The number of carbonyl (C=O) groups is 4. The topological polar surface area (TPSA) is 145 Å². The molecule has 7 rings (SSSR count). The van der Waals surface area contributed by atoms with E-state index in [0.717, 1.165) is 21.9 Å². The number of nitrogens with zero attached hydrogens (tertiary/aromatic N) is 2. The Kier molecular flexibility index (Phi) is 7.80. The van der Waals surface area contributed by atoms with E-state index in [9.17, 15) is 38.7 Å². The molecule has 48 heavy (non-hydrogen) atoms. The molecule has 2 saturated heterocycles. The highest BCUT2D eigenvalue weighted by Gasteiger charge is 2.76. The molecule has 4 amide bonds. The number of phenols is 1. The first-order chi connectivity index (χ1) is 22.7. The summed E-state index contributed by atoms with van der Waals surface area (Å²) in [6.45, 7) is 0. The Morgan fingerprint density at radius 2 is 1.65 bits per heavy atom. The SMILES string of the molecule is COc1cc([C@H]2C3=CC[C@@H]4C(=O)N(c5cccc(B(O)O)c5)C(=O)[C@@H]4[C@@H]3C[C@@]3(Cl)C(=O)N(c4ccc(F)cc4)C(=O)[C@@]23Cl)cc(Br)c1O. The molecule has 2 heterocycles. The van der Waals surface area contributed by atoms with Crippen LogP contribution in [0.15, 0.2) is 76.8 Å². The van der Waals surface area contributed by atoms with Gasteiger partial charge in [0.25, 0.3) is 11.8 Å². The molecule has 0 unspecified atom stereocenters. The third kappa shape index (κ3) is 4.44. The number of fused-ring (bicyclic) bond motifs is 4. The number of anilines is 2. The molecule has 4 aliphatic rings. The van der Waals surface area contributed by atoms with E-state index in [4.69, 9.17) is 27.9 Å². The quantitative estimate of drug-likeness (QED) is 0.155. The van der Waals surface area contributed by atoms with Crippen molar-refractivity contribution in [2.45, 2.75) is 28.5 Å². The van der Waals surface area contributed by atoms with E-state index in [0.29, 0.717) is 11.1 Å². The average Bonchev–Trinajstić information content (AvgIpc) is 3.40. The van der Waals surface area contributed by atoms with Gasteiger partial charge in [0, 0.05) is 5.92 Å². The maximum atomic E-state index is 14.5. The van der Waals surface area contributed by atoms with Crippen LogP contribution in [-0.4, -0.2) is 62.8 Å². The molecule has 3 aromatic rings. The number of hydrogen-bond acceptors (Lipinski definition) is 8. The van der Waals surface area contributed by atoms with Gasteiger partial charge in [-0.15, -0.1) is 23.2 Å². The Morgan fingerprint density at radius 3 is 2.31 bits per heavy atom. The van der Waals surface area contributed by atoms with Gasteiger partial charge in [-0.3, -0.25) is 24.1 Å². The lowest BCUT2D eigenvalue weighted by atomic mass is 9.56. The second-order valence-corrected chi connectivity index (χ2v) is 14.4. The predicted octanol–water partition coefficient (Wildman–Crippen LogP) is 3.75. The molecule has 3 aromatic carbocycles. The zero-order valence-electron chi connectivity index (χ0n) is 24.9. The van der Waals surface area contributed by atoms with Crippen molar-refractivity contribution in [2.24, 2.45) is 17.8 Å². The van der Waals surface area contributed by atoms with Crippen molar-refractivity contribution in [3.05, 3.63) is 88.2 Å². The summed E-state index contributed by atoms with van der Waals surface area (Å²) in [6, 6.07) is 13.5. The molecule has 0 aromatic heterocycles. The van der Waals surface area contributed by atoms with E-state index < -0.39 is 70.0 Å². The highest BCUT2D eigenvalue weighted by Crippen LogP contribution is 2.66. The van der Waals surface area contributed by atoms with Crippen LogP contribution in [0.1, 0.15) is 24.3 Å². The Hall–Kier alpha value is -3.75. The van der Waals surface area contributed by atoms with Crippen molar-refractivity contribution in [1.82, 2.24) is 0 Å². The Morgan fingerprint density at radius 1 is 0.938 bits per heavy atom. The average molecular weight is 758 g/mol. The van der Waals surface area contributed by atoms with Crippen molar-refractivity contribution in [3.63, 3.8) is 0 Å². The minimum absolute atomic E-state index is 0.0348. The summed E-state index contributed by atoms with van der Waals surface area (Å²) in [5.41, 5.74) is 1.11. The zero-order chi connectivity index (χ0) is 34.4. The minimum atomic E-state index is -2.17. The second-order valence-electron chi connectivity index (χ2n) is 12.3. The number of carbonyl (C=O) groups excluding carboxylic acids is 4. The highest BCUT2D eigenvalue weighted by atomic mass is 79.9. The Bertz CT molecular complexity index is 1960. The van der Waals surface area contributed by atoms with Gasteiger partial charge in [-0.2, -0.15) is 0 Å². The van der Waals surface area contributed by atoms with E-state index in [1.165, 1.54) is 55.6 Å². The van der Waals surface area contributed by atoms with Crippen molar-refractivity contribution < 1.29 is 43.5 Å². The third-order valence-electron chi connectivity index (χ3n) is 9.93. The fourth-order valence-electron chi connectivity index (χ4n) is 7.77. The van der Waals surface area contributed by atoms with E-state index in [2.05, 4.69) is 15.9 Å². The van der Waals surface area contributed by atoms with Crippen LogP contribution in [0.2, 0.25) is 0 Å². The summed E-state index contributed by atoms with van der Waals surface area (Å²) in [7, 11) is -0.498. The Labute approximate surface area is 292 Å². The molecule has 6 atom stereocenters. The lowest BCUT2D eigenvalue weighted by Crippen LogP contribution is -2.60. The van der Waals surface area contributed by atoms with E-state index in [1.807, 2.05) is 0 Å². The standard InChI is InChI=1S/C33H25BBrCl2FN2O8/c1-48-24-12-15(11-23(35)27(24)41)26-20-9-10-21-25(29(43)39(28(21)42)19-4-2-3-16(13-19)34(46)47)22(20)14-32(36)30(44)40(31(45)33(26,32)37)18-7-5-17(38)6-8-18/h2-9,11-13,21-22,25-26,41,46-47H,10,14H2,1H3/t21-,22+,25-,26-,32+,33-/m0/s1. The third-order valence-corrected chi connectivity index (χ3v) is 11.9. The van der Waals surface area contributed by atoms with Crippen molar-refractivity contribution >= 4 is 86.7 Å². The van der Waals surface area contributed by atoms with Gasteiger partial charge in [-0.25, -0.2) is 9.29 Å². The first kappa shape index (κ1) is 32.8. The second kappa shape index (κ2) is 11.4. The molecule has 0 radical (unpaired) electrons. The first-order valence-electron chi connectivity index (χ1n) is 14.9. The summed E-state index contributed by atoms with van der Waals surface area (Å²) in [4.78, 5) is 54.5. The fourth-order valence-corrected chi connectivity index (χ4v) is 9.16. The maximum Gasteiger partial charge on any atom is 0.488 e. The molecule has 3 fully saturated rings. The number of hydrogen-bond donors (Lipinski definition) is 3. The molecule has 0 bridgehead atoms. The van der Waals surface area contributed by atoms with Gasteiger partial charge >= 0.3 is 7.12 Å². The molecule has 15 heteroatoms. The Balaban J connectivity index is 1.40. The molecule has 246 valence electrons. The van der Waals surface area contributed by atoms with Crippen LogP contribution in [0, 0.1) is 23.6 Å². The van der Waals surface area contributed by atoms with Crippen molar-refractivity contribution in [2.75, 3.05) is 16.9 Å². The predicted molar refractivity (Wildman–Crippen MR) is 178 cm³/mol. The fraction of sp³-hybridized carbons (Fsp3) is 0.273.